The Morgan fingerprint density at radius 1 is 1.53 bits per heavy atom. The molecule has 1 heterocycles. The summed E-state index contributed by atoms with van der Waals surface area (Å²) < 4.78 is 5.58. The van der Waals surface area contributed by atoms with Crippen molar-refractivity contribution in [2.45, 2.75) is 19.1 Å². The molecule has 0 spiro atoms. The van der Waals surface area contributed by atoms with E-state index in [1.165, 1.54) is 0 Å². The summed E-state index contributed by atoms with van der Waals surface area (Å²) in [4.78, 5) is 16.0. The van der Waals surface area contributed by atoms with Gasteiger partial charge in [0.05, 0.1) is 19.3 Å². The fourth-order valence-corrected chi connectivity index (χ4v) is 2.07. The van der Waals surface area contributed by atoms with Crippen molar-refractivity contribution in [1.29, 1.82) is 0 Å². The number of morpholine rings is 1. The van der Waals surface area contributed by atoms with Crippen LogP contribution < -0.4 is 5.73 Å². The summed E-state index contributed by atoms with van der Waals surface area (Å²) >= 11 is 0. The lowest BCUT2D eigenvalue weighted by atomic mass is 10.1. The van der Waals surface area contributed by atoms with Gasteiger partial charge in [-0.3, -0.25) is 9.69 Å². The van der Waals surface area contributed by atoms with Gasteiger partial charge < -0.3 is 15.4 Å². The number of hydrogen-bond acceptors (Lipinski definition) is 4. The molecule has 0 aromatic heterocycles. The molecule has 1 fully saturated rings. The Morgan fingerprint density at radius 2 is 2.16 bits per heavy atom. The van der Waals surface area contributed by atoms with Crippen LogP contribution in [0.25, 0.3) is 0 Å². The van der Waals surface area contributed by atoms with Crippen molar-refractivity contribution in [2.24, 2.45) is 5.73 Å². The normalized spacial score (nSPS) is 21.7. The van der Waals surface area contributed by atoms with Crippen LogP contribution in [0, 0.1) is 0 Å². The number of amides is 1. The molecule has 2 N–H and O–H groups in total. The molecule has 1 aliphatic rings. The second-order valence-electron chi connectivity index (χ2n) is 4.88. The van der Waals surface area contributed by atoms with Crippen LogP contribution >= 0.6 is 0 Å². The van der Waals surface area contributed by atoms with Crippen LogP contribution in [0.15, 0.2) is 25.3 Å². The molecule has 1 saturated heterocycles. The molecule has 0 aliphatic carbocycles. The van der Waals surface area contributed by atoms with Crippen LogP contribution in [-0.4, -0.2) is 67.2 Å². The number of nitrogens with two attached hydrogens (primary N) is 1. The number of ether oxygens (including phenoxy) is 1. The molecular weight excluding hydrogens is 242 g/mol. The average Bonchev–Trinajstić information content (AvgIpc) is 2.38. The summed E-state index contributed by atoms with van der Waals surface area (Å²) in [5.74, 6) is 0.0881. The zero-order chi connectivity index (χ0) is 14.3. The molecule has 2 unspecified atom stereocenters. The second-order valence-corrected chi connectivity index (χ2v) is 4.88. The largest absolute Gasteiger partial charge is 0.374 e. The Hall–Kier alpha value is -1.17. The summed E-state index contributed by atoms with van der Waals surface area (Å²) in [6, 6.07) is -0.0182. The summed E-state index contributed by atoms with van der Waals surface area (Å²) in [6.45, 7) is 12.9. The van der Waals surface area contributed by atoms with E-state index in [1.54, 1.807) is 17.1 Å². The molecule has 0 aromatic rings. The van der Waals surface area contributed by atoms with Crippen molar-refractivity contribution < 1.29 is 9.53 Å². The first-order valence-electron chi connectivity index (χ1n) is 6.67. The van der Waals surface area contributed by atoms with Gasteiger partial charge in [0.15, 0.2) is 0 Å². The van der Waals surface area contributed by atoms with Gasteiger partial charge in [-0.2, -0.15) is 0 Å². The predicted octanol–water partition coefficient (Wildman–Crippen LogP) is 0.235. The molecule has 5 heteroatoms. The van der Waals surface area contributed by atoms with Gasteiger partial charge in [-0.1, -0.05) is 12.2 Å². The van der Waals surface area contributed by atoms with Crippen LogP contribution in [0.3, 0.4) is 0 Å². The van der Waals surface area contributed by atoms with Crippen LogP contribution in [-0.2, 0) is 9.53 Å². The lowest BCUT2D eigenvalue weighted by Gasteiger charge is -2.35. The first-order valence-corrected chi connectivity index (χ1v) is 6.67. The first-order chi connectivity index (χ1) is 9.08. The number of rotatable bonds is 7. The standard InChI is InChI=1S/C14H25N3O2/c1-4-6-17(7-5-2)14(18)11-16-8-9-19-13(10-16)12(3)15/h4-5,12-13H,1-2,6-11,15H2,3H3. The van der Waals surface area contributed by atoms with Crippen LogP contribution in [0.2, 0.25) is 0 Å². The molecule has 2 atom stereocenters. The molecule has 0 aromatic carbocycles. The van der Waals surface area contributed by atoms with E-state index in [4.69, 9.17) is 10.5 Å². The van der Waals surface area contributed by atoms with Crippen LogP contribution in [0.5, 0.6) is 0 Å². The Morgan fingerprint density at radius 3 is 2.68 bits per heavy atom. The topological polar surface area (TPSA) is 58.8 Å². The lowest BCUT2D eigenvalue weighted by molar-refractivity contribution is -0.133. The minimum Gasteiger partial charge on any atom is -0.374 e. The van der Waals surface area contributed by atoms with E-state index < -0.39 is 0 Å². The van der Waals surface area contributed by atoms with Crippen molar-refractivity contribution in [3.05, 3.63) is 25.3 Å². The molecular formula is C14H25N3O2. The minimum atomic E-state index is -0.0182. The van der Waals surface area contributed by atoms with Crippen molar-refractivity contribution in [1.82, 2.24) is 9.80 Å². The fourth-order valence-electron chi connectivity index (χ4n) is 2.07. The number of carbonyl (C=O) groups excluding carboxylic acids is 1. The highest BCUT2D eigenvalue weighted by molar-refractivity contribution is 5.78. The monoisotopic (exact) mass is 267 g/mol. The number of nitrogens with zero attached hydrogens (tertiary/aromatic N) is 2. The maximum atomic E-state index is 12.2. The molecule has 5 nitrogen and oxygen atoms in total. The zero-order valence-corrected chi connectivity index (χ0v) is 11.8. The molecule has 0 saturated carbocycles. The highest BCUT2D eigenvalue weighted by Gasteiger charge is 2.25. The third-order valence-corrected chi connectivity index (χ3v) is 3.17. The van der Waals surface area contributed by atoms with E-state index >= 15 is 0 Å². The Labute approximate surface area is 115 Å². The van der Waals surface area contributed by atoms with Crippen molar-refractivity contribution >= 4 is 5.91 Å². The second kappa shape index (κ2) is 8.09. The van der Waals surface area contributed by atoms with Gasteiger partial charge in [0.2, 0.25) is 5.91 Å². The van der Waals surface area contributed by atoms with E-state index in [0.717, 1.165) is 6.54 Å². The summed E-state index contributed by atoms with van der Waals surface area (Å²) in [7, 11) is 0. The van der Waals surface area contributed by atoms with Gasteiger partial charge in [-0.05, 0) is 6.92 Å². The molecule has 1 amide bonds. The Kier molecular flexibility index (Phi) is 6.77. The zero-order valence-electron chi connectivity index (χ0n) is 11.8. The lowest BCUT2D eigenvalue weighted by Crippen LogP contribution is -2.52. The maximum Gasteiger partial charge on any atom is 0.237 e. The SMILES string of the molecule is C=CCN(CC=C)C(=O)CN1CCOC(C(C)N)C1. The smallest absolute Gasteiger partial charge is 0.237 e. The molecule has 108 valence electrons. The Balaban J connectivity index is 2.49. The Bertz CT molecular complexity index is 308. The summed E-state index contributed by atoms with van der Waals surface area (Å²) in [5, 5.41) is 0. The van der Waals surface area contributed by atoms with Gasteiger partial charge in [-0.15, -0.1) is 13.2 Å². The quantitative estimate of drug-likeness (QED) is 0.671. The van der Waals surface area contributed by atoms with E-state index in [0.29, 0.717) is 32.8 Å². The van der Waals surface area contributed by atoms with Crippen LogP contribution in [0.1, 0.15) is 6.92 Å². The van der Waals surface area contributed by atoms with E-state index in [2.05, 4.69) is 18.1 Å². The van der Waals surface area contributed by atoms with Gasteiger partial charge in [-0.25, -0.2) is 0 Å². The summed E-state index contributed by atoms with van der Waals surface area (Å²) in [5.41, 5.74) is 5.84. The summed E-state index contributed by atoms with van der Waals surface area (Å²) in [6.07, 6.45) is 3.46. The van der Waals surface area contributed by atoms with E-state index in [1.807, 2.05) is 6.92 Å². The van der Waals surface area contributed by atoms with E-state index in [9.17, 15) is 4.79 Å². The minimum absolute atomic E-state index is 0.00816. The van der Waals surface area contributed by atoms with Crippen molar-refractivity contribution in [3.63, 3.8) is 0 Å². The van der Waals surface area contributed by atoms with Crippen molar-refractivity contribution in [2.75, 3.05) is 39.3 Å². The first kappa shape index (κ1) is 15.9. The van der Waals surface area contributed by atoms with Gasteiger partial charge in [0, 0.05) is 32.2 Å². The fraction of sp³-hybridized carbons (Fsp3) is 0.643. The van der Waals surface area contributed by atoms with Gasteiger partial charge in [0.25, 0.3) is 0 Å². The highest BCUT2D eigenvalue weighted by atomic mass is 16.5. The number of hydrogen-bond donors (Lipinski definition) is 1. The predicted molar refractivity (Wildman–Crippen MR) is 76.8 cm³/mol. The number of carbonyl (C=O) groups is 1. The average molecular weight is 267 g/mol. The van der Waals surface area contributed by atoms with E-state index in [-0.39, 0.29) is 18.1 Å². The molecule has 1 rings (SSSR count). The molecule has 0 radical (unpaired) electrons. The third-order valence-electron chi connectivity index (χ3n) is 3.17. The maximum absolute atomic E-state index is 12.2. The molecule has 0 bridgehead atoms. The van der Waals surface area contributed by atoms with Crippen molar-refractivity contribution in [3.8, 4) is 0 Å². The third kappa shape index (κ3) is 5.14. The molecule has 19 heavy (non-hydrogen) atoms. The molecule has 1 aliphatic heterocycles. The van der Waals surface area contributed by atoms with Gasteiger partial charge in [0.1, 0.15) is 0 Å². The van der Waals surface area contributed by atoms with Crippen LogP contribution in [0.4, 0.5) is 0 Å². The highest BCUT2D eigenvalue weighted by Crippen LogP contribution is 2.08. The van der Waals surface area contributed by atoms with Gasteiger partial charge >= 0.3 is 0 Å².